The highest BCUT2D eigenvalue weighted by atomic mass is 16.5. The number of pyridine rings is 3. The van der Waals surface area contributed by atoms with E-state index in [2.05, 4.69) is 19.8 Å². The molecule has 0 aliphatic carbocycles. The molecular weight excluding hydrogens is 420 g/mol. The molecule has 172 valence electrons. The summed E-state index contributed by atoms with van der Waals surface area (Å²) in [6.07, 6.45) is 5.23. The van der Waals surface area contributed by atoms with Crippen molar-refractivity contribution in [2.45, 2.75) is 0 Å². The summed E-state index contributed by atoms with van der Waals surface area (Å²) in [5.41, 5.74) is 2.91. The molecule has 0 aliphatic heterocycles. The van der Waals surface area contributed by atoms with Crippen LogP contribution in [0.5, 0.6) is 17.5 Å². The molecule has 0 aliphatic rings. The number of hydrogen-bond donors (Lipinski definition) is 1. The van der Waals surface area contributed by atoms with Crippen LogP contribution in [-0.4, -0.2) is 78.0 Å². The van der Waals surface area contributed by atoms with Crippen molar-refractivity contribution in [1.82, 2.24) is 24.4 Å². The topological polar surface area (TPSA) is 88.8 Å². The van der Waals surface area contributed by atoms with Crippen LogP contribution >= 0.6 is 0 Å². The van der Waals surface area contributed by atoms with Crippen molar-refractivity contribution in [1.29, 1.82) is 0 Å². The first-order valence-corrected chi connectivity index (χ1v) is 10.5. The van der Waals surface area contributed by atoms with Crippen molar-refractivity contribution in [3.8, 4) is 34.5 Å². The summed E-state index contributed by atoms with van der Waals surface area (Å²) in [7, 11) is 9.22. The zero-order chi connectivity index (χ0) is 23.5. The van der Waals surface area contributed by atoms with Crippen LogP contribution in [0.4, 0.5) is 5.82 Å². The van der Waals surface area contributed by atoms with Gasteiger partial charge in [0.15, 0.2) is 5.75 Å². The van der Waals surface area contributed by atoms with Gasteiger partial charge in [0.2, 0.25) is 5.88 Å². The molecule has 0 radical (unpaired) electrons. The molecule has 0 aromatic carbocycles. The van der Waals surface area contributed by atoms with Gasteiger partial charge in [0.1, 0.15) is 5.82 Å². The Morgan fingerprint density at radius 3 is 2.45 bits per heavy atom. The van der Waals surface area contributed by atoms with Gasteiger partial charge in [-0.05, 0) is 44.4 Å². The van der Waals surface area contributed by atoms with Crippen molar-refractivity contribution in [2.75, 3.05) is 53.4 Å². The van der Waals surface area contributed by atoms with E-state index in [0.717, 1.165) is 30.2 Å². The Morgan fingerprint density at radius 2 is 1.79 bits per heavy atom. The van der Waals surface area contributed by atoms with Crippen molar-refractivity contribution >= 4 is 16.7 Å². The van der Waals surface area contributed by atoms with E-state index in [9.17, 15) is 5.11 Å². The first-order chi connectivity index (χ1) is 15.9. The van der Waals surface area contributed by atoms with E-state index in [1.165, 1.54) is 0 Å². The standard InChI is InChI=1S/C24H28N6O3/c1-28(2)10-11-29(3)22-9-6-17(14-25-22)30-15-20-18(24(30)31)7-8-19(27-20)16-12-21(32-4)23(33-5)26-13-16/h6-9,12-15,31H,10-11H2,1-5H3. The quantitative estimate of drug-likeness (QED) is 0.440. The van der Waals surface area contributed by atoms with Crippen LogP contribution < -0.4 is 14.4 Å². The molecule has 9 nitrogen and oxygen atoms in total. The minimum atomic E-state index is 0.116. The summed E-state index contributed by atoms with van der Waals surface area (Å²) in [6.45, 7) is 1.81. The van der Waals surface area contributed by atoms with Gasteiger partial charge in [-0.3, -0.25) is 4.57 Å². The fourth-order valence-electron chi connectivity index (χ4n) is 3.52. The average molecular weight is 449 g/mol. The van der Waals surface area contributed by atoms with Gasteiger partial charge in [0.05, 0.1) is 42.7 Å². The number of ether oxygens (including phenoxy) is 2. The number of fused-ring (bicyclic) bond motifs is 1. The first kappa shape index (κ1) is 22.3. The lowest BCUT2D eigenvalue weighted by molar-refractivity contribution is 0.343. The lowest BCUT2D eigenvalue weighted by Gasteiger charge is -2.20. The zero-order valence-electron chi connectivity index (χ0n) is 19.5. The van der Waals surface area contributed by atoms with Crippen molar-refractivity contribution in [3.05, 3.63) is 48.9 Å². The first-order valence-electron chi connectivity index (χ1n) is 10.5. The van der Waals surface area contributed by atoms with Crippen LogP contribution in [0.15, 0.2) is 48.9 Å². The van der Waals surface area contributed by atoms with Gasteiger partial charge in [0, 0.05) is 38.1 Å². The maximum Gasteiger partial charge on any atom is 0.256 e. The fraction of sp³-hybridized carbons (Fsp3) is 0.292. The Labute approximate surface area is 192 Å². The van der Waals surface area contributed by atoms with Gasteiger partial charge in [0.25, 0.3) is 5.88 Å². The molecule has 0 amide bonds. The number of aromatic nitrogens is 4. The number of rotatable bonds is 8. The van der Waals surface area contributed by atoms with E-state index in [0.29, 0.717) is 28.2 Å². The largest absolute Gasteiger partial charge is 0.494 e. The number of methoxy groups -OCH3 is 2. The molecule has 1 N–H and O–H groups in total. The summed E-state index contributed by atoms with van der Waals surface area (Å²) < 4.78 is 12.2. The van der Waals surface area contributed by atoms with Crippen LogP contribution in [0.3, 0.4) is 0 Å². The zero-order valence-corrected chi connectivity index (χ0v) is 19.5. The molecule has 0 fully saturated rings. The Balaban J connectivity index is 1.63. The van der Waals surface area contributed by atoms with Crippen LogP contribution in [0.2, 0.25) is 0 Å². The molecule has 0 unspecified atom stereocenters. The summed E-state index contributed by atoms with van der Waals surface area (Å²) in [5.74, 6) is 1.93. The molecule has 4 rings (SSSR count). The molecular formula is C24H28N6O3. The van der Waals surface area contributed by atoms with Crippen molar-refractivity contribution in [3.63, 3.8) is 0 Å². The molecule has 9 heteroatoms. The summed E-state index contributed by atoms with van der Waals surface area (Å²) in [5, 5.41) is 11.5. The van der Waals surface area contributed by atoms with Crippen molar-refractivity contribution < 1.29 is 14.6 Å². The van der Waals surface area contributed by atoms with Gasteiger partial charge in [-0.2, -0.15) is 0 Å². The van der Waals surface area contributed by atoms with Gasteiger partial charge < -0.3 is 24.4 Å². The molecule has 0 atom stereocenters. The Bertz CT molecular complexity index is 1250. The molecule has 0 bridgehead atoms. The molecule has 0 saturated carbocycles. The SMILES string of the molecule is COc1cc(-c2ccc3c(O)n(-c4ccc(N(C)CCN(C)C)nc4)cc3n2)cnc1OC. The minimum absolute atomic E-state index is 0.116. The lowest BCUT2D eigenvalue weighted by atomic mass is 10.1. The van der Waals surface area contributed by atoms with E-state index >= 15 is 0 Å². The lowest BCUT2D eigenvalue weighted by Crippen LogP contribution is -2.28. The van der Waals surface area contributed by atoms with E-state index in [1.807, 2.05) is 51.5 Å². The maximum atomic E-state index is 10.8. The predicted molar refractivity (Wildman–Crippen MR) is 129 cm³/mol. The molecule has 0 spiro atoms. The minimum Gasteiger partial charge on any atom is -0.494 e. The number of likely N-dealkylation sites (N-methyl/N-ethyl adjacent to an activating group) is 2. The van der Waals surface area contributed by atoms with E-state index in [1.54, 1.807) is 37.4 Å². The third-order valence-corrected chi connectivity index (χ3v) is 5.46. The highest BCUT2D eigenvalue weighted by Gasteiger charge is 2.14. The smallest absolute Gasteiger partial charge is 0.256 e. The average Bonchev–Trinajstić information content (AvgIpc) is 3.17. The monoisotopic (exact) mass is 448 g/mol. The highest BCUT2D eigenvalue weighted by Crippen LogP contribution is 2.33. The third kappa shape index (κ3) is 4.54. The predicted octanol–water partition coefficient (Wildman–Crippen LogP) is 3.20. The second kappa shape index (κ2) is 9.33. The molecule has 33 heavy (non-hydrogen) atoms. The van der Waals surface area contributed by atoms with Gasteiger partial charge in [-0.25, -0.2) is 15.0 Å². The van der Waals surface area contributed by atoms with Crippen molar-refractivity contribution in [2.24, 2.45) is 0 Å². The van der Waals surface area contributed by atoms with Gasteiger partial charge in [-0.1, -0.05) is 0 Å². The fourth-order valence-corrected chi connectivity index (χ4v) is 3.52. The maximum absolute atomic E-state index is 10.8. The van der Waals surface area contributed by atoms with E-state index in [-0.39, 0.29) is 5.88 Å². The summed E-state index contributed by atoms with van der Waals surface area (Å²) in [4.78, 5) is 17.8. The summed E-state index contributed by atoms with van der Waals surface area (Å²) in [6, 6.07) is 9.40. The van der Waals surface area contributed by atoms with E-state index in [4.69, 9.17) is 14.5 Å². The van der Waals surface area contributed by atoms with E-state index < -0.39 is 0 Å². The summed E-state index contributed by atoms with van der Waals surface area (Å²) >= 11 is 0. The second-order valence-corrected chi connectivity index (χ2v) is 7.99. The number of aromatic hydroxyl groups is 1. The van der Waals surface area contributed by atoms with Crippen LogP contribution in [0, 0.1) is 0 Å². The second-order valence-electron chi connectivity index (χ2n) is 7.99. The van der Waals surface area contributed by atoms with Crippen LogP contribution in [0.1, 0.15) is 0 Å². The molecule has 0 saturated heterocycles. The molecule has 4 aromatic rings. The molecule has 4 heterocycles. The van der Waals surface area contributed by atoms with Gasteiger partial charge in [-0.15, -0.1) is 0 Å². The normalized spacial score (nSPS) is 11.2. The highest BCUT2D eigenvalue weighted by molar-refractivity contribution is 5.87. The van der Waals surface area contributed by atoms with Crippen LogP contribution in [-0.2, 0) is 0 Å². The van der Waals surface area contributed by atoms with Gasteiger partial charge >= 0.3 is 0 Å². The molecule has 4 aromatic heterocycles. The number of nitrogens with zero attached hydrogens (tertiary/aromatic N) is 6. The Morgan fingerprint density at radius 1 is 0.970 bits per heavy atom. The van der Waals surface area contributed by atoms with Crippen LogP contribution in [0.25, 0.3) is 27.8 Å². The Hall–Kier alpha value is -3.85. The number of anilines is 1. The third-order valence-electron chi connectivity index (χ3n) is 5.46. The number of hydrogen-bond acceptors (Lipinski definition) is 8. The Kier molecular flexibility index (Phi) is 6.32.